The molecule has 2 rings (SSSR count). The number of dihydropyridines is 1. The van der Waals surface area contributed by atoms with Gasteiger partial charge in [-0.25, -0.2) is 9.59 Å². The molecule has 2 N–H and O–H groups in total. The van der Waals surface area contributed by atoms with Crippen molar-refractivity contribution in [2.24, 2.45) is 5.92 Å². The number of esters is 3. The monoisotopic (exact) mass is 478 g/mol. The van der Waals surface area contributed by atoms with Gasteiger partial charge in [-0.3, -0.25) is 9.59 Å². The molecule has 10 heteroatoms. The van der Waals surface area contributed by atoms with Crippen LogP contribution in [0.4, 0.5) is 0 Å². The molecule has 0 saturated carbocycles. The highest BCUT2D eigenvalue weighted by Crippen LogP contribution is 2.32. The number of rotatable bonds is 9. The Bertz CT molecular complexity index is 943. The second kappa shape index (κ2) is 12.1. The van der Waals surface area contributed by atoms with E-state index < -0.39 is 36.3 Å². The largest absolute Gasteiger partial charge is 0.463 e. The molecule has 1 aliphatic heterocycles. The Morgan fingerprint density at radius 2 is 1.42 bits per heavy atom. The Morgan fingerprint density at radius 3 is 1.91 bits per heavy atom. The fourth-order valence-electron chi connectivity index (χ4n) is 3.26. The number of carbonyl (C=O) groups excluding carboxylic acids is 4. The molecule has 0 unspecified atom stereocenters. The van der Waals surface area contributed by atoms with E-state index in [2.05, 4.69) is 10.6 Å². The molecule has 0 radical (unpaired) electrons. The maximum Gasteiger partial charge on any atom is 0.337 e. The van der Waals surface area contributed by atoms with E-state index in [4.69, 9.17) is 25.8 Å². The van der Waals surface area contributed by atoms with Crippen LogP contribution in [0.3, 0.4) is 0 Å². The first-order chi connectivity index (χ1) is 15.7. The summed E-state index contributed by atoms with van der Waals surface area (Å²) in [5.41, 5.74) is 1.35. The van der Waals surface area contributed by atoms with Gasteiger partial charge >= 0.3 is 17.9 Å². The van der Waals surface area contributed by atoms with E-state index in [-0.39, 0.29) is 30.9 Å². The maximum absolute atomic E-state index is 13.0. The van der Waals surface area contributed by atoms with Crippen molar-refractivity contribution in [1.29, 1.82) is 0 Å². The summed E-state index contributed by atoms with van der Waals surface area (Å²) in [6.45, 7) is 6.16. The second-order valence-corrected chi connectivity index (χ2v) is 7.52. The zero-order chi connectivity index (χ0) is 24.5. The highest BCUT2D eigenvalue weighted by Gasteiger charge is 2.42. The van der Waals surface area contributed by atoms with Gasteiger partial charge < -0.3 is 24.8 Å². The van der Waals surface area contributed by atoms with Crippen LogP contribution >= 0.6 is 11.6 Å². The van der Waals surface area contributed by atoms with Crippen LogP contribution in [0.15, 0.2) is 46.8 Å². The molecule has 33 heavy (non-hydrogen) atoms. The fraction of sp³-hybridized carbons (Fsp3) is 0.391. The lowest BCUT2D eigenvalue weighted by molar-refractivity contribution is -0.154. The lowest BCUT2D eigenvalue weighted by Gasteiger charge is -2.28. The molecule has 9 nitrogen and oxygen atoms in total. The van der Waals surface area contributed by atoms with Gasteiger partial charge in [0.15, 0.2) is 6.61 Å². The molecule has 0 spiro atoms. The van der Waals surface area contributed by atoms with Crippen LogP contribution < -0.4 is 10.6 Å². The number of amides is 1. The van der Waals surface area contributed by atoms with E-state index in [1.807, 2.05) is 0 Å². The molecular formula is C23H27ClN2O7. The predicted octanol–water partition coefficient (Wildman–Crippen LogP) is 2.39. The number of hydrogen-bond donors (Lipinski definition) is 2. The van der Waals surface area contributed by atoms with E-state index in [0.29, 0.717) is 16.4 Å². The smallest absolute Gasteiger partial charge is 0.337 e. The summed E-state index contributed by atoms with van der Waals surface area (Å²) < 4.78 is 15.3. The number of benzene rings is 1. The summed E-state index contributed by atoms with van der Waals surface area (Å²) in [6, 6.07) is 6.89. The van der Waals surface area contributed by atoms with Crippen molar-refractivity contribution >= 4 is 35.4 Å². The summed E-state index contributed by atoms with van der Waals surface area (Å²) in [7, 11) is 0. The first kappa shape index (κ1) is 25.9. The fourth-order valence-corrected chi connectivity index (χ4v) is 3.39. The summed E-state index contributed by atoms with van der Waals surface area (Å²) in [6.07, 6.45) is 0. The summed E-state index contributed by atoms with van der Waals surface area (Å²) in [5.74, 6) is -4.43. The van der Waals surface area contributed by atoms with Crippen molar-refractivity contribution in [2.45, 2.75) is 34.2 Å². The normalized spacial score (nSPS) is 13.8. The number of halogens is 1. The number of hydrogen-bond acceptors (Lipinski definition) is 8. The van der Waals surface area contributed by atoms with Crippen molar-refractivity contribution < 1.29 is 33.4 Å². The van der Waals surface area contributed by atoms with Gasteiger partial charge in [0.1, 0.15) is 5.92 Å². The first-order valence-corrected chi connectivity index (χ1v) is 10.8. The van der Waals surface area contributed by atoms with Crippen molar-refractivity contribution in [3.05, 3.63) is 57.4 Å². The predicted molar refractivity (Wildman–Crippen MR) is 120 cm³/mol. The maximum atomic E-state index is 13.0. The Hall–Kier alpha value is -3.33. The van der Waals surface area contributed by atoms with Gasteiger partial charge in [0.05, 0.1) is 24.4 Å². The zero-order valence-electron chi connectivity index (χ0n) is 19.0. The Kier molecular flexibility index (Phi) is 9.47. The van der Waals surface area contributed by atoms with Crippen LogP contribution in [-0.2, 0) is 39.9 Å². The lowest BCUT2D eigenvalue weighted by Crippen LogP contribution is -2.39. The van der Waals surface area contributed by atoms with Gasteiger partial charge in [-0.15, -0.1) is 0 Å². The average Bonchev–Trinajstić information content (AvgIpc) is 2.76. The molecule has 0 aliphatic carbocycles. The zero-order valence-corrected chi connectivity index (χ0v) is 19.7. The molecule has 1 aliphatic rings. The van der Waals surface area contributed by atoms with Crippen LogP contribution in [0.2, 0.25) is 5.02 Å². The highest BCUT2D eigenvalue weighted by molar-refractivity contribution is 6.30. The third-order valence-corrected chi connectivity index (χ3v) is 4.99. The number of carbonyl (C=O) groups is 4. The molecule has 0 atom stereocenters. The van der Waals surface area contributed by atoms with Crippen molar-refractivity contribution in [3.8, 4) is 0 Å². The van der Waals surface area contributed by atoms with E-state index in [9.17, 15) is 19.2 Å². The van der Waals surface area contributed by atoms with Crippen molar-refractivity contribution in [3.63, 3.8) is 0 Å². The average molecular weight is 479 g/mol. The minimum absolute atomic E-state index is 0.0714. The Balaban J connectivity index is 2.17. The van der Waals surface area contributed by atoms with Gasteiger partial charge in [0.2, 0.25) is 0 Å². The van der Waals surface area contributed by atoms with Gasteiger partial charge in [-0.2, -0.15) is 0 Å². The van der Waals surface area contributed by atoms with E-state index in [1.165, 1.54) is 0 Å². The van der Waals surface area contributed by atoms with E-state index in [0.717, 1.165) is 5.56 Å². The SMILES string of the molecule is CCOC(=O)C1=C(C)NC(C)=C(C(=O)OCC)C1C(=O)OCC(=O)NCc1ccc(Cl)cc1. The summed E-state index contributed by atoms with van der Waals surface area (Å²) in [4.78, 5) is 50.4. The summed E-state index contributed by atoms with van der Waals surface area (Å²) in [5, 5.41) is 6.11. The van der Waals surface area contributed by atoms with Gasteiger partial charge in [-0.05, 0) is 45.4 Å². The summed E-state index contributed by atoms with van der Waals surface area (Å²) >= 11 is 5.84. The second-order valence-electron chi connectivity index (χ2n) is 7.09. The number of nitrogens with one attached hydrogen (secondary N) is 2. The van der Waals surface area contributed by atoms with Crippen LogP contribution in [0, 0.1) is 5.92 Å². The van der Waals surface area contributed by atoms with Crippen LogP contribution in [0.25, 0.3) is 0 Å². The van der Waals surface area contributed by atoms with E-state index in [1.54, 1.807) is 52.0 Å². The molecule has 178 valence electrons. The lowest BCUT2D eigenvalue weighted by atomic mass is 9.85. The number of ether oxygens (including phenoxy) is 3. The minimum atomic E-state index is -1.39. The molecule has 0 saturated heterocycles. The molecule has 0 bridgehead atoms. The third-order valence-electron chi connectivity index (χ3n) is 4.74. The number of allylic oxidation sites excluding steroid dienone is 2. The molecule has 0 aromatic heterocycles. The third kappa shape index (κ3) is 6.82. The molecule has 1 aromatic carbocycles. The highest BCUT2D eigenvalue weighted by atomic mass is 35.5. The van der Waals surface area contributed by atoms with Gasteiger partial charge in [0.25, 0.3) is 5.91 Å². The van der Waals surface area contributed by atoms with Gasteiger partial charge in [0, 0.05) is 23.0 Å². The Morgan fingerprint density at radius 1 is 0.909 bits per heavy atom. The van der Waals surface area contributed by atoms with Gasteiger partial charge in [-0.1, -0.05) is 23.7 Å². The topological polar surface area (TPSA) is 120 Å². The molecular weight excluding hydrogens is 452 g/mol. The quantitative estimate of drug-likeness (QED) is 0.410. The standard InChI is InChI=1S/C23H27ClN2O7/c1-5-31-21(28)18-13(3)26-14(4)19(22(29)32-6-2)20(18)23(30)33-12-17(27)25-11-15-7-9-16(24)10-8-15/h7-10,20,26H,5-6,11-12H2,1-4H3,(H,25,27). The van der Waals surface area contributed by atoms with Crippen LogP contribution in [0.5, 0.6) is 0 Å². The van der Waals surface area contributed by atoms with Crippen molar-refractivity contribution in [1.82, 2.24) is 10.6 Å². The van der Waals surface area contributed by atoms with E-state index >= 15 is 0 Å². The Labute approximate surface area is 197 Å². The minimum Gasteiger partial charge on any atom is -0.463 e. The van der Waals surface area contributed by atoms with Crippen LogP contribution in [-0.4, -0.2) is 43.6 Å². The molecule has 1 aromatic rings. The molecule has 0 fully saturated rings. The van der Waals surface area contributed by atoms with Crippen molar-refractivity contribution in [2.75, 3.05) is 19.8 Å². The molecule has 1 amide bonds. The van der Waals surface area contributed by atoms with Crippen LogP contribution in [0.1, 0.15) is 33.3 Å². The molecule has 1 heterocycles. The first-order valence-electron chi connectivity index (χ1n) is 10.4.